The van der Waals surface area contributed by atoms with Gasteiger partial charge in [0.15, 0.2) is 11.5 Å². The van der Waals surface area contributed by atoms with Gasteiger partial charge >= 0.3 is 6.09 Å². The van der Waals surface area contributed by atoms with Crippen molar-refractivity contribution in [2.45, 2.75) is 30.7 Å². The van der Waals surface area contributed by atoms with E-state index < -0.39 is 36.8 Å². The molecule has 0 aliphatic carbocycles. The number of hydrogen-bond acceptors (Lipinski definition) is 11. The first-order valence-corrected chi connectivity index (χ1v) is 11.6. The molecule has 0 unspecified atom stereocenters. The lowest BCUT2D eigenvalue weighted by Gasteiger charge is -2.40. The van der Waals surface area contributed by atoms with Crippen molar-refractivity contribution in [3.8, 4) is 23.0 Å². The topological polar surface area (TPSA) is 167 Å². The Labute approximate surface area is 212 Å². The SMILES string of the molecule is COc1ccc(/C=C/c2cc(O)cc(O[C@@H]3O[C@H](CNC(=O)OCCS)[C@@H](O)[C@H](O)[C@H]3O)c2)cc1O. The average Bonchev–Trinajstić information content (AvgIpc) is 2.85. The molecule has 12 heteroatoms. The molecular weight excluding hydrogens is 494 g/mol. The Morgan fingerprint density at radius 2 is 1.81 bits per heavy atom. The smallest absolute Gasteiger partial charge is 0.407 e. The number of benzene rings is 2. The van der Waals surface area contributed by atoms with Crippen LogP contribution < -0.4 is 14.8 Å². The van der Waals surface area contributed by atoms with E-state index in [1.54, 1.807) is 30.4 Å². The van der Waals surface area contributed by atoms with E-state index in [-0.39, 0.29) is 30.4 Å². The highest BCUT2D eigenvalue weighted by molar-refractivity contribution is 7.80. The van der Waals surface area contributed by atoms with Crippen molar-refractivity contribution >= 4 is 30.9 Å². The van der Waals surface area contributed by atoms with Crippen LogP contribution >= 0.6 is 12.6 Å². The molecule has 1 saturated heterocycles. The molecule has 1 amide bonds. The summed E-state index contributed by atoms with van der Waals surface area (Å²) >= 11 is 3.93. The van der Waals surface area contributed by atoms with Gasteiger partial charge < -0.3 is 49.8 Å². The van der Waals surface area contributed by atoms with Crippen LogP contribution in [0.15, 0.2) is 36.4 Å². The number of nitrogens with one attached hydrogen (secondary N) is 1. The molecule has 0 spiro atoms. The molecule has 5 atom stereocenters. The van der Waals surface area contributed by atoms with Gasteiger partial charge in [0.05, 0.1) is 7.11 Å². The number of amides is 1. The Morgan fingerprint density at radius 3 is 2.50 bits per heavy atom. The molecule has 196 valence electrons. The second-order valence-electron chi connectivity index (χ2n) is 7.90. The number of carbonyl (C=O) groups is 1. The number of aliphatic hydroxyl groups is 3. The van der Waals surface area contributed by atoms with Crippen LogP contribution in [0, 0.1) is 0 Å². The van der Waals surface area contributed by atoms with E-state index in [0.717, 1.165) is 0 Å². The van der Waals surface area contributed by atoms with Crippen molar-refractivity contribution < 1.29 is 49.3 Å². The number of phenolic OH excluding ortho intramolecular Hbond substituents is 2. The van der Waals surface area contributed by atoms with Gasteiger partial charge in [0.2, 0.25) is 6.29 Å². The summed E-state index contributed by atoms with van der Waals surface area (Å²) in [6.45, 7) is -0.136. The van der Waals surface area contributed by atoms with Gasteiger partial charge in [0.25, 0.3) is 0 Å². The summed E-state index contributed by atoms with van der Waals surface area (Å²) in [5.74, 6) is 0.616. The van der Waals surface area contributed by atoms with E-state index in [1.807, 2.05) is 0 Å². The largest absolute Gasteiger partial charge is 0.508 e. The van der Waals surface area contributed by atoms with E-state index in [4.69, 9.17) is 18.9 Å². The number of hydrogen-bond donors (Lipinski definition) is 7. The molecule has 2 aromatic rings. The predicted molar refractivity (Wildman–Crippen MR) is 132 cm³/mol. The van der Waals surface area contributed by atoms with Gasteiger partial charge in [-0.05, 0) is 35.4 Å². The monoisotopic (exact) mass is 523 g/mol. The van der Waals surface area contributed by atoms with Crippen LogP contribution in [-0.4, -0.2) is 88.3 Å². The van der Waals surface area contributed by atoms with E-state index in [0.29, 0.717) is 22.6 Å². The maximum Gasteiger partial charge on any atom is 0.407 e. The summed E-state index contributed by atoms with van der Waals surface area (Å²) in [5.41, 5.74) is 1.20. The van der Waals surface area contributed by atoms with Crippen LogP contribution in [0.4, 0.5) is 4.79 Å². The number of aliphatic hydroxyl groups excluding tert-OH is 3. The zero-order chi connectivity index (χ0) is 26.2. The number of carbonyl (C=O) groups excluding carboxylic acids is 1. The number of methoxy groups -OCH3 is 1. The average molecular weight is 524 g/mol. The minimum Gasteiger partial charge on any atom is -0.508 e. The first-order chi connectivity index (χ1) is 17.2. The highest BCUT2D eigenvalue weighted by Gasteiger charge is 2.45. The zero-order valence-electron chi connectivity index (χ0n) is 19.4. The van der Waals surface area contributed by atoms with Crippen molar-refractivity contribution in [1.29, 1.82) is 0 Å². The fourth-order valence-electron chi connectivity index (χ4n) is 3.46. The van der Waals surface area contributed by atoms with Gasteiger partial charge in [-0.3, -0.25) is 0 Å². The molecule has 6 N–H and O–H groups in total. The fraction of sp³-hybridized carbons (Fsp3) is 0.375. The minimum absolute atomic E-state index is 0.0252. The second kappa shape index (κ2) is 12.7. The van der Waals surface area contributed by atoms with Crippen molar-refractivity contribution in [1.82, 2.24) is 5.32 Å². The van der Waals surface area contributed by atoms with Crippen LogP contribution in [0.5, 0.6) is 23.0 Å². The van der Waals surface area contributed by atoms with Gasteiger partial charge in [0, 0.05) is 18.4 Å². The standard InChI is InChI=1S/C24H29NO10S/c1-32-18-5-4-13(10-17(18)27)2-3-14-8-15(26)11-16(9-14)34-23-22(30)21(29)20(28)19(35-23)12-25-24(31)33-6-7-36/h2-5,8-11,19-23,26-30,36H,6-7,12H2,1H3,(H,25,31)/b3-2+/t19-,20-,21+,22-,23-/m1/s1. The lowest BCUT2D eigenvalue weighted by Crippen LogP contribution is -2.61. The molecular formula is C24H29NO10S. The molecule has 1 heterocycles. The Morgan fingerprint density at radius 1 is 1.06 bits per heavy atom. The molecule has 1 aliphatic heterocycles. The van der Waals surface area contributed by atoms with Crippen LogP contribution in [-0.2, 0) is 9.47 Å². The summed E-state index contributed by atoms with van der Waals surface area (Å²) in [6, 6.07) is 9.15. The molecule has 0 aromatic heterocycles. The molecule has 1 fully saturated rings. The van der Waals surface area contributed by atoms with Gasteiger partial charge in [-0.15, -0.1) is 0 Å². The first-order valence-electron chi connectivity index (χ1n) is 11.0. The first kappa shape index (κ1) is 27.4. The van der Waals surface area contributed by atoms with E-state index in [9.17, 15) is 30.3 Å². The number of ether oxygens (including phenoxy) is 4. The third kappa shape index (κ3) is 7.18. The zero-order valence-corrected chi connectivity index (χ0v) is 20.2. The third-order valence-corrected chi connectivity index (χ3v) is 5.46. The van der Waals surface area contributed by atoms with Crippen molar-refractivity contribution in [2.75, 3.05) is 26.0 Å². The molecule has 0 saturated carbocycles. The normalized spacial score (nSPS) is 23.9. The van der Waals surface area contributed by atoms with Gasteiger partial charge in [-0.1, -0.05) is 18.2 Å². The van der Waals surface area contributed by atoms with E-state index >= 15 is 0 Å². The second-order valence-corrected chi connectivity index (χ2v) is 8.35. The molecule has 11 nitrogen and oxygen atoms in total. The highest BCUT2D eigenvalue weighted by atomic mass is 32.1. The van der Waals surface area contributed by atoms with Gasteiger partial charge in [0.1, 0.15) is 42.5 Å². The van der Waals surface area contributed by atoms with Crippen molar-refractivity contribution in [2.24, 2.45) is 0 Å². The van der Waals surface area contributed by atoms with Crippen LogP contribution in [0.3, 0.4) is 0 Å². The Balaban J connectivity index is 1.70. The Kier molecular flexibility index (Phi) is 9.67. The molecule has 36 heavy (non-hydrogen) atoms. The molecule has 3 rings (SSSR count). The molecule has 0 radical (unpaired) electrons. The quantitative estimate of drug-likeness (QED) is 0.187. The number of aromatic hydroxyl groups is 2. The Hall–Kier alpha value is -3.16. The third-order valence-electron chi connectivity index (χ3n) is 5.28. The molecule has 2 aromatic carbocycles. The highest BCUT2D eigenvalue weighted by Crippen LogP contribution is 2.30. The van der Waals surface area contributed by atoms with Gasteiger partial charge in [-0.25, -0.2) is 4.79 Å². The lowest BCUT2D eigenvalue weighted by molar-refractivity contribution is -0.270. The summed E-state index contributed by atoms with van der Waals surface area (Å²) in [5, 5.41) is 53.3. The van der Waals surface area contributed by atoms with Crippen LogP contribution in [0.25, 0.3) is 12.2 Å². The van der Waals surface area contributed by atoms with Crippen LogP contribution in [0.2, 0.25) is 0 Å². The Bertz CT molecular complexity index is 1070. The number of thiol groups is 1. The lowest BCUT2D eigenvalue weighted by atomic mass is 9.99. The van der Waals surface area contributed by atoms with E-state index in [2.05, 4.69) is 17.9 Å². The number of alkyl carbamates (subject to hydrolysis) is 1. The maximum absolute atomic E-state index is 11.7. The van der Waals surface area contributed by atoms with Crippen LogP contribution in [0.1, 0.15) is 11.1 Å². The van der Waals surface area contributed by atoms with Gasteiger partial charge in [-0.2, -0.15) is 12.6 Å². The van der Waals surface area contributed by atoms with E-state index in [1.165, 1.54) is 25.3 Å². The predicted octanol–water partition coefficient (Wildman–Crippen LogP) is 1.12. The van der Waals surface area contributed by atoms with Crippen molar-refractivity contribution in [3.05, 3.63) is 47.5 Å². The van der Waals surface area contributed by atoms with Crippen molar-refractivity contribution in [3.63, 3.8) is 0 Å². The molecule has 0 bridgehead atoms. The summed E-state index contributed by atoms with van der Waals surface area (Å²) in [6.07, 6.45) is -4.68. The fourth-order valence-corrected chi connectivity index (χ4v) is 3.55. The summed E-state index contributed by atoms with van der Waals surface area (Å²) in [4.78, 5) is 11.7. The summed E-state index contributed by atoms with van der Waals surface area (Å²) in [7, 11) is 1.45. The maximum atomic E-state index is 11.7. The minimum atomic E-state index is -1.62. The molecule has 1 aliphatic rings. The number of rotatable bonds is 9. The number of phenols is 2. The summed E-state index contributed by atoms with van der Waals surface area (Å²) < 4.78 is 21.1.